The van der Waals surface area contributed by atoms with Crippen molar-refractivity contribution in [1.82, 2.24) is 5.48 Å². The van der Waals surface area contributed by atoms with Gasteiger partial charge in [-0.15, -0.1) is 4.28 Å². The fourth-order valence-corrected chi connectivity index (χ4v) is 2.10. The number of hydrogen-bond donors (Lipinski definition) is 2. The van der Waals surface area contributed by atoms with Gasteiger partial charge in [0.25, 0.3) is 16.0 Å². The van der Waals surface area contributed by atoms with E-state index in [2.05, 4.69) is 4.28 Å². The van der Waals surface area contributed by atoms with Gasteiger partial charge in [0.1, 0.15) is 0 Å². The lowest BCUT2D eigenvalue weighted by molar-refractivity contribution is 0.0699. The summed E-state index contributed by atoms with van der Waals surface area (Å²) >= 11 is 0. The van der Waals surface area contributed by atoms with Crippen molar-refractivity contribution in [3.05, 3.63) is 47.5 Å². The lowest BCUT2D eigenvalue weighted by Gasteiger charge is -2.09. The highest BCUT2D eigenvalue weighted by molar-refractivity contribution is 7.85. The average molecular weight is 309 g/mol. The molecule has 0 heterocycles. The molecule has 0 aliphatic rings. The fourth-order valence-electron chi connectivity index (χ4n) is 1.88. The van der Waals surface area contributed by atoms with Crippen LogP contribution in [0.15, 0.2) is 36.4 Å². The summed E-state index contributed by atoms with van der Waals surface area (Å²) in [6, 6.07) is 9.16. The van der Waals surface area contributed by atoms with E-state index in [0.717, 1.165) is 6.26 Å². The summed E-state index contributed by atoms with van der Waals surface area (Å²) in [5.41, 5.74) is 1.73. The Bertz CT molecular complexity index is 822. The van der Waals surface area contributed by atoms with Crippen LogP contribution in [0.3, 0.4) is 0 Å². The molecule has 0 atom stereocenters. The number of carbonyl (C=O) groups excluding carboxylic acids is 1. The summed E-state index contributed by atoms with van der Waals surface area (Å²) in [6.07, 6.45) is 0.777. The second-order valence-electron chi connectivity index (χ2n) is 4.23. The number of amides is 1. The number of nitrogens with one attached hydrogen (secondary N) is 1. The number of carbonyl (C=O) groups is 2. The summed E-state index contributed by atoms with van der Waals surface area (Å²) in [4.78, 5) is 23.2. The largest absolute Gasteiger partial charge is 0.478 e. The fraction of sp³-hybridized carbons (Fsp3) is 0.0769. The minimum absolute atomic E-state index is 0.00847. The molecule has 2 aromatic carbocycles. The predicted octanol–water partition coefficient (Wildman–Crippen LogP) is 1.16. The molecular formula is C13H11NO6S. The van der Waals surface area contributed by atoms with Crippen molar-refractivity contribution in [3.63, 3.8) is 0 Å². The molecule has 0 radical (unpaired) electrons. The van der Waals surface area contributed by atoms with Crippen LogP contribution in [0.25, 0.3) is 10.8 Å². The summed E-state index contributed by atoms with van der Waals surface area (Å²) in [5, 5.41) is 9.94. The van der Waals surface area contributed by atoms with Gasteiger partial charge in [0.15, 0.2) is 0 Å². The van der Waals surface area contributed by atoms with Crippen molar-refractivity contribution >= 4 is 32.8 Å². The highest BCUT2D eigenvalue weighted by Gasteiger charge is 2.17. The predicted molar refractivity (Wildman–Crippen MR) is 74.3 cm³/mol. The first-order chi connectivity index (χ1) is 9.79. The van der Waals surface area contributed by atoms with E-state index in [1.807, 2.05) is 0 Å². The van der Waals surface area contributed by atoms with Crippen LogP contribution in [0.4, 0.5) is 0 Å². The number of hydrogen-bond acceptors (Lipinski definition) is 5. The molecule has 0 aromatic heterocycles. The number of fused-ring (bicyclic) bond motifs is 1. The molecule has 0 spiro atoms. The third-order valence-electron chi connectivity index (χ3n) is 2.67. The van der Waals surface area contributed by atoms with Gasteiger partial charge < -0.3 is 5.11 Å². The van der Waals surface area contributed by atoms with Crippen molar-refractivity contribution < 1.29 is 27.4 Å². The van der Waals surface area contributed by atoms with Crippen LogP contribution in [0.1, 0.15) is 20.7 Å². The van der Waals surface area contributed by atoms with E-state index in [0.29, 0.717) is 5.39 Å². The zero-order valence-corrected chi connectivity index (χ0v) is 11.7. The van der Waals surface area contributed by atoms with Gasteiger partial charge >= 0.3 is 5.97 Å². The summed E-state index contributed by atoms with van der Waals surface area (Å²) in [6.45, 7) is 0. The molecule has 7 nitrogen and oxygen atoms in total. The molecule has 8 heteroatoms. The van der Waals surface area contributed by atoms with Crippen molar-refractivity contribution in [1.29, 1.82) is 0 Å². The standard InChI is InChI=1S/C13H11NO6S/c1-21(18,19)20-14-12(15)9-6-2-4-8-5-3-7-10(11(8)9)13(16)17/h2-7H,1H3,(H,14,15)(H,16,17). The Labute approximate surface area is 120 Å². The number of hydroxylamine groups is 1. The molecule has 0 unspecified atom stereocenters. The smallest absolute Gasteiger partial charge is 0.336 e. The Balaban J connectivity index is 2.53. The van der Waals surface area contributed by atoms with Gasteiger partial charge in [-0.05, 0) is 17.5 Å². The van der Waals surface area contributed by atoms with E-state index in [-0.39, 0.29) is 16.5 Å². The van der Waals surface area contributed by atoms with E-state index < -0.39 is 22.0 Å². The first-order valence-corrected chi connectivity index (χ1v) is 7.55. The van der Waals surface area contributed by atoms with E-state index in [1.165, 1.54) is 12.1 Å². The number of carboxylic acids is 1. The molecule has 2 N–H and O–H groups in total. The van der Waals surface area contributed by atoms with Crippen LogP contribution in [-0.4, -0.2) is 31.7 Å². The second-order valence-corrected chi connectivity index (χ2v) is 5.81. The van der Waals surface area contributed by atoms with Crippen LogP contribution in [0.5, 0.6) is 0 Å². The summed E-state index contributed by atoms with van der Waals surface area (Å²) < 4.78 is 26.0. The molecule has 2 rings (SSSR count). The van der Waals surface area contributed by atoms with Gasteiger partial charge in [-0.1, -0.05) is 24.3 Å². The number of benzene rings is 2. The molecule has 2 aromatic rings. The van der Waals surface area contributed by atoms with Crippen molar-refractivity contribution in [2.24, 2.45) is 0 Å². The van der Waals surface area contributed by atoms with Gasteiger partial charge in [-0.3, -0.25) is 4.79 Å². The molecule has 0 fully saturated rings. The molecular weight excluding hydrogens is 298 g/mol. The van der Waals surface area contributed by atoms with Gasteiger partial charge in [0.2, 0.25) is 0 Å². The zero-order chi connectivity index (χ0) is 15.6. The minimum atomic E-state index is -3.86. The molecule has 0 bridgehead atoms. The third kappa shape index (κ3) is 3.36. The normalized spacial score (nSPS) is 11.3. The van der Waals surface area contributed by atoms with Crippen LogP contribution >= 0.6 is 0 Å². The average Bonchev–Trinajstić information content (AvgIpc) is 2.42. The van der Waals surface area contributed by atoms with Gasteiger partial charge in [0, 0.05) is 5.39 Å². The minimum Gasteiger partial charge on any atom is -0.478 e. The number of carboxylic acid groups (broad SMARTS) is 1. The Morgan fingerprint density at radius 3 is 2.19 bits per heavy atom. The van der Waals surface area contributed by atoms with Crippen molar-refractivity contribution in [2.45, 2.75) is 0 Å². The highest BCUT2D eigenvalue weighted by Crippen LogP contribution is 2.23. The number of aromatic carboxylic acids is 1. The third-order valence-corrected chi connectivity index (χ3v) is 3.05. The molecule has 110 valence electrons. The van der Waals surface area contributed by atoms with E-state index in [9.17, 15) is 23.1 Å². The molecule has 0 aliphatic heterocycles. The molecule has 1 amide bonds. The Morgan fingerprint density at radius 1 is 1.10 bits per heavy atom. The molecule has 21 heavy (non-hydrogen) atoms. The highest BCUT2D eigenvalue weighted by atomic mass is 32.2. The maximum Gasteiger partial charge on any atom is 0.336 e. The number of rotatable bonds is 4. The van der Waals surface area contributed by atoms with Crippen molar-refractivity contribution in [2.75, 3.05) is 6.26 Å². The molecule has 0 saturated carbocycles. The Morgan fingerprint density at radius 2 is 1.67 bits per heavy atom. The van der Waals surface area contributed by atoms with Gasteiger partial charge in [-0.2, -0.15) is 8.42 Å². The molecule has 0 saturated heterocycles. The van der Waals surface area contributed by atoms with Crippen LogP contribution in [-0.2, 0) is 14.4 Å². The monoisotopic (exact) mass is 309 g/mol. The maximum absolute atomic E-state index is 12.0. The Hall–Kier alpha value is -2.45. The van der Waals surface area contributed by atoms with E-state index in [1.54, 1.807) is 29.7 Å². The van der Waals surface area contributed by atoms with Gasteiger partial charge in [0.05, 0.1) is 17.4 Å². The summed E-state index contributed by atoms with van der Waals surface area (Å²) in [7, 11) is -3.86. The van der Waals surface area contributed by atoms with Crippen LogP contribution in [0, 0.1) is 0 Å². The van der Waals surface area contributed by atoms with E-state index >= 15 is 0 Å². The van der Waals surface area contributed by atoms with Crippen LogP contribution < -0.4 is 5.48 Å². The van der Waals surface area contributed by atoms with Crippen molar-refractivity contribution in [3.8, 4) is 0 Å². The quantitative estimate of drug-likeness (QED) is 0.820. The SMILES string of the molecule is CS(=O)(=O)ONC(=O)c1cccc2cccc(C(=O)O)c12. The first-order valence-electron chi connectivity index (χ1n) is 5.73. The Kier molecular flexibility index (Phi) is 3.92. The van der Waals surface area contributed by atoms with Crippen LogP contribution in [0.2, 0.25) is 0 Å². The summed E-state index contributed by atoms with van der Waals surface area (Å²) in [5.74, 6) is -2.04. The zero-order valence-electron chi connectivity index (χ0n) is 10.9. The topological polar surface area (TPSA) is 110 Å². The lowest BCUT2D eigenvalue weighted by atomic mass is 9.99. The van der Waals surface area contributed by atoms with E-state index in [4.69, 9.17) is 0 Å². The second kappa shape index (κ2) is 5.51. The maximum atomic E-state index is 12.0. The first kappa shape index (κ1) is 14.9. The molecule has 0 aliphatic carbocycles. The van der Waals surface area contributed by atoms with Gasteiger partial charge in [-0.25, -0.2) is 10.3 Å². The lowest BCUT2D eigenvalue weighted by Crippen LogP contribution is -2.27.